The lowest BCUT2D eigenvalue weighted by molar-refractivity contribution is -0.126. The Bertz CT molecular complexity index is 653. The summed E-state index contributed by atoms with van der Waals surface area (Å²) in [6, 6.07) is 17.9. The highest BCUT2D eigenvalue weighted by molar-refractivity contribution is 6.30. The molecule has 0 aromatic heterocycles. The van der Waals surface area contributed by atoms with Crippen molar-refractivity contribution in [2.45, 2.75) is 32.2 Å². The summed E-state index contributed by atoms with van der Waals surface area (Å²) in [6.07, 6.45) is 2.65. The predicted molar refractivity (Wildman–Crippen MR) is 95.8 cm³/mol. The van der Waals surface area contributed by atoms with Crippen LogP contribution in [0.4, 0.5) is 5.69 Å². The Kier molecular flexibility index (Phi) is 5.02. The Morgan fingerprint density at radius 2 is 1.78 bits per heavy atom. The summed E-state index contributed by atoms with van der Waals surface area (Å²) in [7, 11) is 0. The lowest BCUT2D eigenvalue weighted by Gasteiger charge is -2.33. The molecule has 0 heterocycles. The molecule has 0 amide bonds. The number of Topliss-reactive ketones (excluding diaryl/α,β-unsaturated/α-hetero) is 1. The molecule has 0 radical (unpaired) electrons. The first-order valence-electron chi connectivity index (χ1n) is 8.23. The SMILES string of the molecule is CC1CCC(=O)C(C(Nc2ccc(Cl)cc2)c2ccccc2)C1. The van der Waals surface area contributed by atoms with Crippen LogP contribution < -0.4 is 5.32 Å². The molecule has 3 unspecified atom stereocenters. The highest BCUT2D eigenvalue weighted by atomic mass is 35.5. The first-order chi connectivity index (χ1) is 11.1. The van der Waals surface area contributed by atoms with Gasteiger partial charge in [-0.2, -0.15) is 0 Å². The van der Waals surface area contributed by atoms with Crippen LogP contribution in [0.1, 0.15) is 37.8 Å². The van der Waals surface area contributed by atoms with Gasteiger partial charge in [-0.1, -0.05) is 48.9 Å². The van der Waals surface area contributed by atoms with Crippen molar-refractivity contribution in [3.05, 3.63) is 65.2 Å². The molecule has 1 saturated carbocycles. The van der Waals surface area contributed by atoms with E-state index in [0.717, 1.165) is 24.1 Å². The lowest BCUT2D eigenvalue weighted by atomic mass is 9.75. The van der Waals surface area contributed by atoms with Gasteiger partial charge in [-0.25, -0.2) is 0 Å². The zero-order valence-corrected chi connectivity index (χ0v) is 14.1. The van der Waals surface area contributed by atoms with Crippen LogP contribution in [0.2, 0.25) is 5.02 Å². The van der Waals surface area contributed by atoms with E-state index < -0.39 is 0 Å². The number of ketones is 1. The summed E-state index contributed by atoms with van der Waals surface area (Å²) in [4.78, 5) is 12.5. The molecule has 0 saturated heterocycles. The molecule has 23 heavy (non-hydrogen) atoms. The number of halogens is 1. The normalized spacial score (nSPS) is 22.6. The van der Waals surface area contributed by atoms with Crippen LogP contribution in [0.25, 0.3) is 0 Å². The topological polar surface area (TPSA) is 29.1 Å². The summed E-state index contributed by atoms with van der Waals surface area (Å²) in [6.45, 7) is 2.24. The van der Waals surface area contributed by atoms with Crippen molar-refractivity contribution in [2.24, 2.45) is 11.8 Å². The van der Waals surface area contributed by atoms with Crippen molar-refractivity contribution in [3.8, 4) is 0 Å². The highest BCUT2D eigenvalue weighted by Gasteiger charge is 2.33. The molecular weight excluding hydrogens is 306 g/mol. The van der Waals surface area contributed by atoms with Gasteiger partial charge in [0.15, 0.2) is 0 Å². The summed E-state index contributed by atoms with van der Waals surface area (Å²) in [5, 5.41) is 4.28. The molecule has 3 rings (SSSR count). The van der Waals surface area contributed by atoms with Gasteiger partial charge < -0.3 is 5.32 Å². The molecule has 0 aliphatic heterocycles. The fourth-order valence-corrected chi connectivity index (χ4v) is 3.51. The monoisotopic (exact) mass is 327 g/mol. The third-order valence-electron chi connectivity index (χ3n) is 4.68. The smallest absolute Gasteiger partial charge is 0.138 e. The molecule has 0 spiro atoms. The maximum Gasteiger partial charge on any atom is 0.138 e. The van der Waals surface area contributed by atoms with Crippen LogP contribution in [-0.2, 0) is 4.79 Å². The van der Waals surface area contributed by atoms with Crippen molar-refractivity contribution in [2.75, 3.05) is 5.32 Å². The largest absolute Gasteiger partial charge is 0.378 e. The van der Waals surface area contributed by atoms with Crippen LogP contribution in [0.15, 0.2) is 54.6 Å². The summed E-state index contributed by atoms with van der Waals surface area (Å²) in [5.74, 6) is 0.992. The molecule has 120 valence electrons. The van der Waals surface area contributed by atoms with Crippen molar-refractivity contribution < 1.29 is 4.79 Å². The van der Waals surface area contributed by atoms with Gasteiger partial charge in [-0.3, -0.25) is 4.79 Å². The summed E-state index contributed by atoms with van der Waals surface area (Å²) < 4.78 is 0. The fourth-order valence-electron chi connectivity index (χ4n) is 3.38. The van der Waals surface area contributed by atoms with E-state index in [1.54, 1.807) is 0 Å². The van der Waals surface area contributed by atoms with Gasteiger partial charge in [0.2, 0.25) is 0 Å². The zero-order valence-electron chi connectivity index (χ0n) is 13.3. The second-order valence-electron chi connectivity index (χ2n) is 6.49. The number of rotatable bonds is 4. The molecule has 2 aromatic carbocycles. The van der Waals surface area contributed by atoms with E-state index in [4.69, 9.17) is 11.6 Å². The number of hydrogen-bond acceptors (Lipinski definition) is 2. The Hall–Kier alpha value is -1.80. The highest BCUT2D eigenvalue weighted by Crippen LogP contribution is 2.37. The summed E-state index contributed by atoms with van der Waals surface area (Å²) >= 11 is 5.97. The zero-order chi connectivity index (χ0) is 16.2. The second kappa shape index (κ2) is 7.18. The minimum Gasteiger partial charge on any atom is -0.378 e. The molecule has 1 aliphatic rings. The first-order valence-corrected chi connectivity index (χ1v) is 8.61. The van der Waals surface area contributed by atoms with E-state index in [2.05, 4.69) is 24.4 Å². The third kappa shape index (κ3) is 3.94. The minimum atomic E-state index is 0.00706. The maximum atomic E-state index is 12.5. The number of nitrogens with one attached hydrogen (secondary N) is 1. The van der Waals surface area contributed by atoms with E-state index in [1.807, 2.05) is 42.5 Å². The number of anilines is 1. The van der Waals surface area contributed by atoms with Crippen LogP contribution >= 0.6 is 11.6 Å². The Morgan fingerprint density at radius 3 is 2.48 bits per heavy atom. The van der Waals surface area contributed by atoms with Crippen molar-refractivity contribution in [1.82, 2.24) is 0 Å². The molecule has 1 N–H and O–H groups in total. The van der Waals surface area contributed by atoms with Gasteiger partial charge in [0.1, 0.15) is 5.78 Å². The molecule has 2 nitrogen and oxygen atoms in total. The van der Waals surface area contributed by atoms with Crippen LogP contribution in [0, 0.1) is 11.8 Å². The van der Waals surface area contributed by atoms with Crippen LogP contribution in [-0.4, -0.2) is 5.78 Å². The quantitative estimate of drug-likeness (QED) is 0.803. The Morgan fingerprint density at radius 1 is 1.09 bits per heavy atom. The van der Waals surface area contributed by atoms with E-state index in [0.29, 0.717) is 23.1 Å². The number of benzene rings is 2. The number of hydrogen-bond donors (Lipinski definition) is 1. The van der Waals surface area contributed by atoms with Gasteiger partial charge >= 0.3 is 0 Å². The first kappa shape index (κ1) is 16.1. The average molecular weight is 328 g/mol. The number of carbonyl (C=O) groups is 1. The van der Waals surface area contributed by atoms with Crippen molar-refractivity contribution >= 4 is 23.1 Å². The fraction of sp³-hybridized carbons (Fsp3) is 0.350. The van der Waals surface area contributed by atoms with Crippen LogP contribution in [0.3, 0.4) is 0 Å². The number of carbonyl (C=O) groups excluding carboxylic acids is 1. The summed E-state index contributed by atoms with van der Waals surface area (Å²) in [5.41, 5.74) is 2.16. The van der Waals surface area contributed by atoms with Gasteiger partial charge in [0, 0.05) is 23.0 Å². The van der Waals surface area contributed by atoms with Crippen molar-refractivity contribution in [3.63, 3.8) is 0 Å². The molecule has 1 aliphatic carbocycles. The van der Waals surface area contributed by atoms with Gasteiger partial charge in [-0.15, -0.1) is 0 Å². The van der Waals surface area contributed by atoms with Gasteiger partial charge in [0.25, 0.3) is 0 Å². The van der Waals surface area contributed by atoms with Gasteiger partial charge in [0.05, 0.1) is 6.04 Å². The van der Waals surface area contributed by atoms with Crippen LogP contribution in [0.5, 0.6) is 0 Å². The Labute approximate surface area is 142 Å². The predicted octanol–water partition coefficient (Wildman–Crippen LogP) is 5.50. The van der Waals surface area contributed by atoms with E-state index >= 15 is 0 Å². The molecular formula is C20H22ClNO. The van der Waals surface area contributed by atoms with Gasteiger partial charge in [-0.05, 0) is 48.6 Å². The van der Waals surface area contributed by atoms with E-state index in [9.17, 15) is 4.79 Å². The molecule has 3 atom stereocenters. The Balaban J connectivity index is 1.90. The van der Waals surface area contributed by atoms with E-state index in [-0.39, 0.29) is 12.0 Å². The molecule has 3 heteroatoms. The maximum absolute atomic E-state index is 12.5. The molecule has 2 aromatic rings. The average Bonchev–Trinajstić information content (AvgIpc) is 2.57. The van der Waals surface area contributed by atoms with Crippen molar-refractivity contribution in [1.29, 1.82) is 0 Å². The molecule has 0 bridgehead atoms. The minimum absolute atomic E-state index is 0.00706. The second-order valence-corrected chi connectivity index (χ2v) is 6.93. The molecule has 1 fully saturated rings. The lowest BCUT2D eigenvalue weighted by Crippen LogP contribution is -2.32. The standard InChI is InChI=1S/C20H22ClNO/c1-14-7-12-19(23)18(13-14)20(15-5-3-2-4-6-15)22-17-10-8-16(21)9-11-17/h2-6,8-11,14,18,20,22H,7,12-13H2,1H3. The third-order valence-corrected chi connectivity index (χ3v) is 4.93. The van der Waals surface area contributed by atoms with E-state index in [1.165, 1.54) is 0 Å².